The number of rotatable bonds is 4. The second kappa shape index (κ2) is 5.11. The lowest BCUT2D eigenvalue weighted by Gasteiger charge is -2.28. The van der Waals surface area contributed by atoms with Crippen molar-refractivity contribution in [3.63, 3.8) is 0 Å². The zero-order chi connectivity index (χ0) is 12.3. The van der Waals surface area contributed by atoms with Crippen molar-refractivity contribution in [3.8, 4) is 0 Å². The number of carbonyl (C=O) groups excluding carboxylic acids is 1. The van der Waals surface area contributed by atoms with Crippen molar-refractivity contribution in [2.24, 2.45) is 5.41 Å². The van der Waals surface area contributed by atoms with Crippen LogP contribution < -0.4 is 0 Å². The van der Waals surface area contributed by atoms with E-state index in [0.29, 0.717) is 6.61 Å². The third-order valence-corrected chi connectivity index (χ3v) is 3.47. The Kier molecular flexibility index (Phi) is 4.28. The van der Waals surface area contributed by atoms with E-state index >= 15 is 0 Å². The molecule has 3 heteroatoms. The van der Waals surface area contributed by atoms with Gasteiger partial charge in [0, 0.05) is 6.61 Å². The van der Waals surface area contributed by atoms with Crippen LogP contribution in [0.1, 0.15) is 42.9 Å². The topological polar surface area (TPSA) is 26.3 Å². The summed E-state index contributed by atoms with van der Waals surface area (Å²) >= 11 is 1.50. The highest BCUT2D eigenvalue weighted by molar-refractivity contribution is 7.12. The van der Waals surface area contributed by atoms with E-state index in [1.54, 1.807) is 0 Å². The van der Waals surface area contributed by atoms with Gasteiger partial charge in [0.1, 0.15) is 6.10 Å². The van der Waals surface area contributed by atoms with Crippen LogP contribution in [0.15, 0.2) is 11.4 Å². The van der Waals surface area contributed by atoms with Gasteiger partial charge in [-0.25, -0.2) is 0 Å². The number of carbonyl (C=O) groups is 1. The lowest BCUT2D eigenvalue weighted by atomic mass is 9.85. The molecule has 0 aliphatic heterocycles. The molecule has 0 aromatic carbocycles. The normalized spacial score (nSPS) is 13.8. The van der Waals surface area contributed by atoms with Gasteiger partial charge in [-0.2, -0.15) is 0 Å². The summed E-state index contributed by atoms with van der Waals surface area (Å²) in [7, 11) is 0. The molecule has 0 saturated heterocycles. The smallest absolute Gasteiger partial charge is 0.202 e. The van der Waals surface area contributed by atoms with Crippen LogP contribution >= 0.6 is 11.3 Å². The highest BCUT2D eigenvalue weighted by atomic mass is 32.1. The van der Waals surface area contributed by atoms with Crippen molar-refractivity contribution >= 4 is 17.1 Å². The third-order valence-electron chi connectivity index (χ3n) is 2.44. The van der Waals surface area contributed by atoms with E-state index in [9.17, 15) is 4.79 Å². The van der Waals surface area contributed by atoms with Gasteiger partial charge in [-0.05, 0) is 36.3 Å². The molecule has 1 heterocycles. The van der Waals surface area contributed by atoms with E-state index in [4.69, 9.17) is 4.74 Å². The maximum Gasteiger partial charge on any atom is 0.202 e. The van der Waals surface area contributed by atoms with Gasteiger partial charge in [0.05, 0.1) is 4.88 Å². The van der Waals surface area contributed by atoms with Gasteiger partial charge in [0.25, 0.3) is 0 Å². The predicted octanol–water partition coefficient (Wildman–Crippen LogP) is 3.69. The van der Waals surface area contributed by atoms with Gasteiger partial charge in [0.2, 0.25) is 5.78 Å². The molecule has 1 atom stereocenters. The Morgan fingerprint density at radius 3 is 2.50 bits per heavy atom. The molecule has 0 N–H and O–H groups in total. The minimum absolute atomic E-state index is 0.113. The molecule has 1 aromatic rings. The molecular weight excluding hydrogens is 220 g/mol. The first-order valence-corrected chi connectivity index (χ1v) is 6.45. The van der Waals surface area contributed by atoms with Crippen LogP contribution in [0.5, 0.6) is 0 Å². The molecular formula is C13H20O2S. The summed E-state index contributed by atoms with van der Waals surface area (Å²) < 4.78 is 5.60. The van der Waals surface area contributed by atoms with E-state index < -0.39 is 0 Å². The average molecular weight is 240 g/mol. The molecule has 1 aromatic heterocycles. The van der Waals surface area contributed by atoms with Crippen LogP contribution in [0.2, 0.25) is 0 Å². The van der Waals surface area contributed by atoms with E-state index in [0.717, 1.165) is 10.4 Å². The maximum atomic E-state index is 12.3. The Morgan fingerprint density at radius 1 is 1.50 bits per heavy atom. The molecule has 0 aliphatic rings. The second-order valence-corrected chi connectivity index (χ2v) is 5.91. The first-order valence-electron chi connectivity index (χ1n) is 5.57. The van der Waals surface area contributed by atoms with Crippen LogP contribution in [0.3, 0.4) is 0 Å². The van der Waals surface area contributed by atoms with E-state index in [-0.39, 0.29) is 17.3 Å². The summed E-state index contributed by atoms with van der Waals surface area (Å²) in [5.74, 6) is 0.113. The molecule has 0 amide bonds. The van der Waals surface area contributed by atoms with Crippen LogP contribution in [0.25, 0.3) is 0 Å². The zero-order valence-electron chi connectivity index (χ0n) is 10.7. The fourth-order valence-corrected chi connectivity index (χ4v) is 2.52. The summed E-state index contributed by atoms with van der Waals surface area (Å²) in [6.07, 6.45) is -0.352. The molecule has 0 aliphatic carbocycles. The van der Waals surface area contributed by atoms with Gasteiger partial charge in [-0.1, -0.05) is 20.8 Å². The van der Waals surface area contributed by atoms with E-state index in [1.807, 2.05) is 46.1 Å². The number of thiophene rings is 1. The van der Waals surface area contributed by atoms with Crippen molar-refractivity contribution in [2.75, 3.05) is 6.61 Å². The summed E-state index contributed by atoms with van der Waals surface area (Å²) in [5, 5.41) is 1.95. The standard InChI is InChI=1S/C13H20O2S/c1-6-15-12(13(3,4)5)10(14)11-9(2)7-8-16-11/h7-8,12H,6H2,1-5H3. The summed E-state index contributed by atoms with van der Waals surface area (Å²) in [6, 6.07) is 1.98. The molecule has 0 radical (unpaired) electrons. The first-order chi connectivity index (χ1) is 7.38. The van der Waals surface area contributed by atoms with Crippen molar-refractivity contribution in [1.82, 2.24) is 0 Å². The fraction of sp³-hybridized carbons (Fsp3) is 0.615. The fourth-order valence-electron chi connectivity index (χ4n) is 1.63. The molecule has 16 heavy (non-hydrogen) atoms. The predicted molar refractivity (Wildman–Crippen MR) is 68.3 cm³/mol. The van der Waals surface area contributed by atoms with E-state index in [2.05, 4.69) is 0 Å². The highest BCUT2D eigenvalue weighted by Crippen LogP contribution is 2.28. The average Bonchev–Trinajstić information content (AvgIpc) is 2.58. The Hall–Kier alpha value is -0.670. The van der Waals surface area contributed by atoms with Gasteiger partial charge in [-0.3, -0.25) is 4.79 Å². The van der Waals surface area contributed by atoms with Crippen molar-refractivity contribution in [3.05, 3.63) is 21.9 Å². The third kappa shape index (κ3) is 2.92. The Balaban J connectivity index is 2.97. The number of ketones is 1. The minimum atomic E-state index is -0.352. The quantitative estimate of drug-likeness (QED) is 0.750. The number of ether oxygens (including phenoxy) is 1. The van der Waals surface area contributed by atoms with Crippen LogP contribution in [-0.2, 0) is 4.74 Å². The number of hydrogen-bond donors (Lipinski definition) is 0. The van der Waals surface area contributed by atoms with Crippen molar-refractivity contribution in [1.29, 1.82) is 0 Å². The van der Waals surface area contributed by atoms with Crippen LogP contribution in [0.4, 0.5) is 0 Å². The van der Waals surface area contributed by atoms with E-state index in [1.165, 1.54) is 11.3 Å². The van der Waals surface area contributed by atoms with Crippen molar-refractivity contribution in [2.45, 2.75) is 40.7 Å². The molecule has 0 spiro atoms. The highest BCUT2D eigenvalue weighted by Gasteiger charge is 2.33. The lowest BCUT2D eigenvalue weighted by molar-refractivity contribution is 0.0000393. The minimum Gasteiger partial charge on any atom is -0.370 e. The largest absolute Gasteiger partial charge is 0.370 e. The molecule has 1 unspecified atom stereocenters. The van der Waals surface area contributed by atoms with Crippen LogP contribution in [-0.4, -0.2) is 18.5 Å². The molecule has 0 bridgehead atoms. The molecule has 0 fully saturated rings. The molecule has 0 saturated carbocycles. The summed E-state index contributed by atoms with van der Waals surface area (Å²) in [6.45, 7) is 10.6. The number of hydrogen-bond acceptors (Lipinski definition) is 3. The van der Waals surface area contributed by atoms with Gasteiger partial charge in [-0.15, -0.1) is 11.3 Å². The monoisotopic (exact) mass is 240 g/mol. The van der Waals surface area contributed by atoms with Gasteiger partial charge in [0.15, 0.2) is 0 Å². The van der Waals surface area contributed by atoms with Crippen molar-refractivity contribution < 1.29 is 9.53 Å². The zero-order valence-corrected chi connectivity index (χ0v) is 11.5. The van der Waals surface area contributed by atoms with Gasteiger partial charge >= 0.3 is 0 Å². The number of Topliss-reactive ketones (excluding diaryl/α,β-unsaturated/α-hetero) is 1. The number of aryl methyl sites for hydroxylation is 1. The Labute approximate surface area is 102 Å². The second-order valence-electron chi connectivity index (χ2n) is 5.00. The first kappa shape index (κ1) is 13.4. The Morgan fingerprint density at radius 2 is 2.12 bits per heavy atom. The SMILES string of the molecule is CCOC(C(=O)c1sccc1C)C(C)(C)C. The lowest BCUT2D eigenvalue weighted by Crippen LogP contribution is -2.37. The molecule has 2 nitrogen and oxygen atoms in total. The maximum absolute atomic E-state index is 12.3. The molecule has 90 valence electrons. The summed E-state index contributed by atoms with van der Waals surface area (Å²) in [4.78, 5) is 13.2. The summed E-state index contributed by atoms with van der Waals surface area (Å²) in [5.41, 5.74) is 0.882. The molecule has 1 rings (SSSR count). The van der Waals surface area contributed by atoms with Gasteiger partial charge < -0.3 is 4.74 Å². The Bertz CT molecular complexity index is 360. The van der Waals surface area contributed by atoms with Crippen LogP contribution in [0, 0.1) is 12.3 Å².